The molecule has 3 unspecified atom stereocenters. The Bertz CT molecular complexity index is 1040. The van der Waals surface area contributed by atoms with Gasteiger partial charge in [-0.3, -0.25) is 4.79 Å². The highest BCUT2D eigenvalue weighted by Crippen LogP contribution is 2.60. The molecule has 2 saturated carbocycles. The van der Waals surface area contributed by atoms with Gasteiger partial charge in [-0.05, 0) is 37.7 Å². The lowest BCUT2D eigenvalue weighted by Crippen LogP contribution is -2.60. The molecule has 2 aliphatic carbocycles. The summed E-state index contributed by atoms with van der Waals surface area (Å²) in [5.41, 5.74) is 2.79. The van der Waals surface area contributed by atoms with E-state index < -0.39 is 5.41 Å². The summed E-state index contributed by atoms with van der Waals surface area (Å²) in [7, 11) is 0. The lowest BCUT2D eigenvalue weighted by molar-refractivity contribution is -0.165. The number of likely N-dealkylation sites (tertiary alicyclic amines) is 1. The number of carbonyl (C=O) groups excluding carboxylic acids is 1. The molecule has 6 nitrogen and oxygen atoms in total. The monoisotopic (exact) mass is 388 g/mol. The van der Waals surface area contributed by atoms with Gasteiger partial charge in [-0.2, -0.15) is 5.26 Å². The zero-order valence-corrected chi connectivity index (χ0v) is 16.3. The van der Waals surface area contributed by atoms with Gasteiger partial charge in [0.15, 0.2) is 0 Å². The van der Waals surface area contributed by atoms with E-state index in [2.05, 4.69) is 39.9 Å². The molecular weight excluding hydrogens is 364 g/mol. The van der Waals surface area contributed by atoms with Gasteiger partial charge in [0.25, 0.3) is 0 Å². The fourth-order valence-corrected chi connectivity index (χ4v) is 6.05. The number of nitrogens with zero attached hydrogens (tertiary/aromatic N) is 4. The maximum Gasteiger partial charge on any atom is 0.243 e. The summed E-state index contributed by atoms with van der Waals surface area (Å²) in [5, 5.41) is 20.6. The second kappa shape index (κ2) is 5.70. The molecular formula is C23H24N4O2. The molecule has 1 amide bonds. The maximum absolute atomic E-state index is 12.7. The molecule has 2 aliphatic heterocycles. The van der Waals surface area contributed by atoms with E-state index in [1.807, 2.05) is 17.4 Å². The van der Waals surface area contributed by atoms with E-state index in [9.17, 15) is 15.2 Å². The summed E-state index contributed by atoms with van der Waals surface area (Å²) >= 11 is 0. The van der Waals surface area contributed by atoms with Crippen LogP contribution in [0.25, 0.3) is 11.3 Å². The van der Waals surface area contributed by atoms with E-state index in [1.54, 1.807) is 0 Å². The SMILES string of the molecule is N#CC1(C(=O)N2CCC3(CC2)CC(C2c4ccccc4-c4cncn42)C3O)CC1. The Labute approximate surface area is 169 Å². The standard InChI is InChI=1S/C23H24N4O2/c24-13-23(5-6-23)21(29)26-9-7-22(8-10-26)11-17(20(22)28)19-16-4-2-1-3-15(16)18-12-25-14-27(18)19/h1-4,12,14,17,19-20,28H,5-11H2. The van der Waals surface area contributed by atoms with E-state index in [1.165, 1.54) is 11.1 Å². The lowest BCUT2D eigenvalue weighted by Gasteiger charge is -2.58. The Morgan fingerprint density at radius 3 is 2.66 bits per heavy atom. The average molecular weight is 388 g/mol. The number of amides is 1. The van der Waals surface area contributed by atoms with Crippen LogP contribution in [0.4, 0.5) is 0 Å². The maximum atomic E-state index is 12.7. The Balaban J connectivity index is 1.20. The smallest absolute Gasteiger partial charge is 0.243 e. The molecule has 0 bridgehead atoms. The average Bonchev–Trinajstić information content (AvgIpc) is 3.32. The number of imidazole rings is 1. The summed E-state index contributed by atoms with van der Waals surface area (Å²) in [4.78, 5) is 18.9. The molecule has 3 heterocycles. The second-order valence-electron chi connectivity index (χ2n) is 9.38. The van der Waals surface area contributed by atoms with Crippen molar-refractivity contribution in [3.8, 4) is 17.3 Å². The number of aromatic nitrogens is 2. The van der Waals surface area contributed by atoms with Crippen LogP contribution >= 0.6 is 0 Å². The number of aliphatic hydroxyl groups is 1. The van der Waals surface area contributed by atoms with Crippen LogP contribution < -0.4 is 0 Å². The topological polar surface area (TPSA) is 82.2 Å². The van der Waals surface area contributed by atoms with Gasteiger partial charge in [-0.25, -0.2) is 4.98 Å². The van der Waals surface area contributed by atoms with Crippen molar-refractivity contribution in [3.63, 3.8) is 0 Å². The Hall–Kier alpha value is -2.65. The molecule has 4 aliphatic rings. The highest BCUT2D eigenvalue weighted by molar-refractivity contribution is 5.88. The third-order valence-electron chi connectivity index (χ3n) is 8.02. The molecule has 1 aromatic heterocycles. The number of piperidine rings is 1. The predicted octanol–water partition coefficient (Wildman–Crippen LogP) is 2.75. The minimum absolute atomic E-state index is 0.00740. The Kier molecular flexibility index (Phi) is 3.39. The third-order valence-corrected chi connectivity index (χ3v) is 8.02. The molecule has 0 radical (unpaired) electrons. The highest BCUT2D eigenvalue weighted by Gasteiger charge is 2.59. The van der Waals surface area contributed by atoms with Crippen LogP contribution in [-0.4, -0.2) is 44.7 Å². The van der Waals surface area contributed by atoms with Gasteiger partial charge in [0.05, 0.1) is 36.4 Å². The molecule has 3 atom stereocenters. The molecule has 6 rings (SSSR count). The van der Waals surface area contributed by atoms with Crippen LogP contribution in [0.15, 0.2) is 36.8 Å². The van der Waals surface area contributed by atoms with Crippen LogP contribution in [0.3, 0.4) is 0 Å². The van der Waals surface area contributed by atoms with Gasteiger partial charge in [0.2, 0.25) is 5.91 Å². The number of carbonyl (C=O) groups is 1. The molecule has 29 heavy (non-hydrogen) atoms. The van der Waals surface area contributed by atoms with E-state index >= 15 is 0 Å². The number of hydrogen-bond acceptors (Lipinski definition) is 4. The molecule has 148 valence electrons. The first-order valence-corrected chi connectivity index (χ1v) is 10.6. The van der Waals surface area contributed by atoms with Gasteiger partial charge in [-0.1, -0.05) is 24.3 Å². The molecule has 1 saturated heterocycles. The van der Waals surface area contributed by atoms with Gasteiger partial charge < -0.3 is 14.6 Å². The van der Waals surface area contributed by atoms with E-state index in [4.69, 9.17) is 0 Å². The van der Waals surface area contributed by atoms with Gasteiger partial charge in [0, 0.05) is 30.0 Å². The summed E-state index contributed by atoms with van der Waals surface area (Å²) in [6.07, 6.45) is 7.42. The van der Waals surface area contributed by atoms with Gasteiger partial charge in [0.1, 0.15) is 5.41 Å². The number of benzene rings is 1. The minimum Gasteiger partial charge on any atom is -0.392 e. The molecule has 1 aromatic carbocycles. The van der Waals surface area contributed by atoms with Crippen LogP contribution in [0.5, 0.6) is 0 Å². The van der Waals surface area contributed by atoms with E-state index in [0.717, 1.165) is 25.0 Å². The van der Waals surface area contributed by atoms with Crippen molar-refractivity contribution in [2.24, 2.45) is 16.7 Å². The van der Waals surface area contributed by atoms with Crippen LogP contribution in [0.1, 0.15) is 43.7 Å². The molecule has 2 aromatic rings. The van der Waals surface area contributed by atoms with Crippen molar-refractivity contribution in [1.82, 2.24) is 14.5 Å². The summed E-state index contributed by atoms with van der Waals surface area (Å²) in [6, 6.07) is 10.8. The zero-order chi connectivity index (χ0) is 19.8. The quantitative estimate of drug-likeness (QED) is 0.858. The summed E-state index contributed by atoms with van der Waals surface area (Å²) in [6.45, 7) is 1.31. The van der Waals surface area contributed by atoms with Crippen molar-refractivity contribution in [2.45, 2.75) is 44.2 Å². The third kappa shape index (κ3) is 2.20. The fraction of sp³-hybridized carbons (Fsp3) is 0.522. The largest absolute Gasteiger partial charge is 0.392 e. The molecule has 6 heteroatoms. The Morgan fingerprint density at radius 1 is 1.21 bits per heavy atom. The van der Waals surface area contributed by atoms with Gasteiger partial charge in [-0.15, -0.1) is 0 Å². The minimum atomic E-state index is -0.739. The first-order chi connectivity index (χ1) is 14.1. The number of nitriles is 1. The number of fused-ring (bicyclic) bond motifs is 3. The number of aliphatic hydroxyl groups excluding tert-OH is 1. The molecule has 1 N–H and O–H groups in total. The Morgan fingerprint density at radius 2 is 1.97 bits per heavy atom. The van der Waals surface area contributed by atoms with Crippen molar-refractivity contribution in [2.75, 3.05) is 13.1 Å². The van der Waals surface area contributed by atoms with Crippen molar-refractivity contribution in [3.05, 3.63) is 42.4 Å². The van der Waals surface area contributed by atoms with E-state index in [0.29, 0.717) is 25.9 Å². The van der Waals surface area contributed by atoms with Crippen molar-refractivity contribution in [1.29, 1.82) is 5.26 Å². The van der Waals surface area contributed by atoms with Crippen molar-refractivity contribution < 1.29 is 9.90 Å². The van der Waals surface area contributed by atoms with Crippen LogP contribution in [-0.2, 0) is 4.79 Å². The van der Waals surface area contributed by atoms with Crippen LogP contribution in [0, 0.1) is 28.1 Å². The summed E-state index contributed by atoms with van der Waals surface area (Å²) in [5.74, 6) is 0.177. The van der Waals surface area contributed by atoms with Crippen molar-refractivity contribution >= 4 is 5.91 Å². The second-order valence-corrected chi connectivity index (χ2v) is 9.38. The first kappa shape index (κ1) is 17.2. The van der Waals surface area contributed by atoms with Gasteiger partial charge >= 0.3 is 0 Å². The normalized spacial score (nSPS) is 30.2. The fourth-order valence-electron chi connectivity index (χ4n) is 6.05. The lowest BCUT2D eigenvalue weighted by atomic mass is 9.53. The molecule has 3 fully saturated rings. The highest BCUT2D eigenvalue weighted by atomic mass is 16.3. The predicted molar refractivity (Wildman–Crippen MR) is 105 cm³/mol. The zero-order valence-electron chi connectivity index (χ0n) is 16.3. The molecule has 1 spiro atoms. The number of hydrogen-bond donors (Lipinski definition) is 1. The van der Waals surface area contributed by atoms with E-state index in [-0.39, 0.29) is 29.4 Å². The van der Waals surface area contributed by atoms with Crippen LogP contribution in [0.2, 0.25) is 0 Å². The number of rotatable bonds is 2. The summed E-state index contributed by atoms with van der Waals surface area (Å²) < 4.78 is 2.22. The first-order valence-electron chi connectivity index (χ1n) is 10.6.